The van der Waals surface area contributed by atoms with E-state index in [-0.39, 0.29) is 17.6 Å². The molecule has 4 aromatic rings. The lowest BCUT2D eigenvalue weighted by Crippen LogP contribution is -2.08. The lowest BCUT2D eigenvalue weighted by atomic mass is 9.87. The number of hydrogen-bond acceptors (Lipinski definition) is 2. The zero-order chi connectivity index (χ0) is 19.8. The summed E-state index contributed by atoms with van der Waals surface area (Å²) in [4.78, 5) is 0. The molecule has 144 valence electrons. The molecule has 1 aromatic heterocycles. The highest BCUT2D eigenvalue weighted by molar-refractivity contribution is 5.50. The van der Waals surface area contributed by atoms with Gasteiger partial charge in [0.25, 0.3) is 0 Å². The molecule has 2 heterocycles. The van der Waals surface area contributed by atoms with E-state index in [4.69, 9.17) is 0 Å². The van der Waals surface area contributed by atoms with Gasteiger partial charge < -0.3 is 0 Å². The maximum atomic E-state index is 14.3. The molecule has 0 bridgehead atoms. The van der Waals surface area contributed by atoms with Crippen molar-refractivity contribution in [1.82, 2.24) is 14.8 Å². The zero-order valence-electron chi connectivity index (χ0n) is 15.7. The molecule has 0 amide bonds. The van der Waals surface area contributed by atoms with E-state index < -0.39 is 0 Å². The summed E-state index contributed by atoms with van der Waals surface area (Å²) >= 11 is 0. The maximum Gasteiger partial charge on any atom is 0.142 e. The third-order valence-corrected chi connectivity index (χ3v) is 5.54. The minimum absolute atomic E-state index is 0.0393. The molecule has 1 unspecified atom stereocenters. The fourth-order valence-corrected chi connectivity index (χ4v) is 4.16. The number of hydrogen-bond donors (Lipinski definition) is 0. The van der Waals surface area contributed by atoms with Gasteiger partial charge >= 0.3 is 0 Å². The minimum Gasteiger partial charge on any atom is -0.282 e. The van der Waals surface area contributed by atoms with E-state index in [1.807, 2.05) is 53.1 Å². The molecule has 3 nitrogen and oxygen atoms in total. The summed E-state index contributed by atoms with van der Waals surface area (Å²) in [5.41, 5.74) is 3.91. The number of nitrogens with zero attached hydrogens (tertiary/aromatic N) is 3. The summed E-state index contributed by atoms with van der Waals surface area (Å²) in [7, 11) is 0. The molecule has 0 spiro atoms. The molecule has 0 saturated heterocycles. The zero-order valence-corrected chi connectivity index (χ0v) is 15.7. The van der Waals surface area contributed by atoms with Gasteiger partial charge in [0.15, 0.2) is 0 Å². The van der Waals surface area contributed by atoms with E-state index in [2.05, 4.69) is 10.2 Å². The lowest BCUT2D eigenvalue weighted by Gasteiger charge is -2.19. The molecule has 29 heavy (non-hydrogen) atoms. The Kier molecular flexibility index (Phi) is 4.43. The van der Waals surface area contributed by atoms with Crippen LogP contribution < -0.4 is 0 Å². The standard InChI is InChI=1S/C24H19F2N3/c25-18-8-6-17(7-9-18)20-12-13-23-27-28-24(14-16-4-2-1-3-5-16)29(23)22-15-19(26)10-11-21(20)22/h1-11,15,20H,12-14H2. The van der Waals surface area contributed by atoms with Crippen LogP contribution in [0, 0.1) is 11.6 Å². The van der Waals surface area contributed by atoms with Crippen LogP contribution in [0.1, 0.15) is 40.7 Å². The van der Waals surface area contributed by atoms with E-state index in [9.17, 15) is 8.78 Å². The van der Waals surface area contributed by atoms with Crippen molar-refractivity contribution in [3.63, 3.8) is 0 Å². The topological polar surface area (TPSA) is 30.7 Å². The Hall–Kier alpha value is -3.34. The van der Waals surface area contributed by atoms with E-state index in [1.54, 1.807) is 6.07 Å². The summed E-state index contributed by atoms with van der Waals surface area (Å²) in [5.74, 6) is 1.10. The van der Waals surface area contributed by atoms with Crippen LogP contribution in [0.15, 0.2) is 72.8 Å². The minimum atomic E-state index is -0.297. The van der Waals surface area contributed by atoms with Gasteiger partial charge in [0.1, 0.15) is 23.3 Å². The Balaban J connectivity index is 1.64. The summed E-state index contributed by atoms with van der Waals surface area (Å²) in [5, 5.41) is 8.83. The van der Waals surface area contributed by atoms with Gasteiger partial charge in [0.2, 0.25) is 0 Å². The normalized spacial score (nSPS) is 15.4. The molecule has 1 atom stereocenters. The van der Waals surface area contributed by atoms with Crippen LogP contribution in [0.3, 0.4) is 0 Å². The average molecular weight is 387 g/mol. The largest absolute Gasteiger partial charge is 0.282 e. The molecule has 1 aliphatic rings. The maximum absolute atomic E-state index is 14.3. The number of aryl methyl sites for hydroxylation is 1. The van der Waals surface area contributed by atoms with Gasteiger partial charge in [-0.3, -0.25) is 4.57 Å². The predicted octanol–water partition coefficient (Wildman–Crippen LogP) is 5.21. The molecule has 5 rings (SSSR count). The van der Waals surface area contributed by atoms with E-state index in [0.29, 0.717) is 12.8 Å². The van der Waals surface area contributed by atoms with Gasteiger partial charge in [-0.25, -0.2) is 8.78 Å². The van der Waals surface area contributed by atoms with Crippen molar-refractivity contribution in [1.29, 1.82) is 0 Å². The number of rotatable bonds is 3. The van der Waals surface area contributed by atoms with Crippen molar-refractivity contribution >= 4 is 0 Å². The van der Waals surface area contributed by atoms with Gasteiger partial charge in [-0.1, -0.05) is 48.5 Å². The first-order chi connectivity index (χ1) is 14.2. The van der Waals surface area contributed by atoms with Crippen LogP contribution in [0.25, 0.3) is 5.69 Å². The highest BCUT2D eigenvalue weighted by atomic mass is 19.1. The van der Waals surface area contributed by atoms with Crippen LogP contribution >= 0.6 is 0 Å². The van der Waals surface area contributed by atoms with Crippen molar-refractivity contribution in [3.05, 3.63) is 113 Å². The van der Waals surface area contributed by atoms with E-state index in [1.165, 1.54) is 18.2 Å². The number of benzene rings is 3. The van der Waals surface area contributed by atoms with Gasteiger partial charge in [-0.15, -0.1) is 10.2 Å². The van der Waals surface area contributed by atoms with Crippen LogP contribution in [0.5, 0.6) is 0 Å². The van der Waals surface area contributed by atoms with Crippen LogP contribution in [0.2, 0.25) is 0 Å². The summed E-state index contributed by atoms with van der Waals surface area (Å²) in [6.45, 7) is 0. The number of aromatic nitrogens is 3. The highest BCUT2D eigenvalue weighted by Crippen LogP contribution is 2.37. The van der Waals surface area contributed by atoms with Crippen molar-refractivity contribution in [3.8, 4) is 5.69 Å². The Bertz CT molecular complexity index is 1150. The van der Waals surface area contributed by atoms with E-state index >= 15 is 0 Å². The second-order valence-corrected chi connectivity index (χ2v) is 7.38. The van der Waals surface area contributed by atoms with Crippen LogP contribution in [0.4, 0.5) is 8.78 Å². The molecule has 5 heteroatoms. The fourth-order valence-electron chi connectivity index (χ4n) is 4.16. The first-order valence-corrected chi connectivity index (χ1v) is 9.71. The Morgan fingerprint density at radius 1 is 0.862 bits per heavy atom. The molecule has 0 N–H and O–H groups in total. The Labute approximate surface area is 167 Å². The fraction of sp³-hybridized carbons (Fsp3) is 0.167. The second kappa shape index (κ2) is 7.24. The molecule has 0 fully saturated rings. The molecule has 3 aromatic carbocycles. The summed E-state index contributed by atoms with van der Waals surface area (Å²) < 4.78 is 29.7. The predicted molar refractivity (Wildman–Crippen MR) is 107 cm³/mol. The average Bonchev–Trinajstić information content (AvgIpc) is 3.05. The van der Waals surface area contributed by atoms with Crippen molar-refractivity contribution in [2.24, 2.45) is 0 Å². The van der Waals surface area contributed by atoms with Gasteiger partial charge in [0.05, 0.1) is 5.69 Å². The summed E-state index contributed by atoms with van der Waals surface area (Å²) in [6, 6.07) is 21.5. The first kappa shape index (κ1) is 17.7. The monoisotopic (exact) mass is 387 g/mol. The van der Waals surface area contributed by atoms with Crippen LogP contribution in [-0.4, -0.2) is 14.8 Å². The number of halogens is 2. The third kappa shape index (κ3) is 3.33. The Morgan fingerprint density at radius 2 is 1.62 bits per heavy atom. The molecule has 0 saturated carbocycles. The smallest absolute Gasteiger partial charge is 0.142 e. The van der Waals surface area contributed by atoms with Crippen molar-refractivity contribution in [2.75, 3.05) is 0 Å². The molecule has 0 aliphatic carbocycles. The van der Waals surface area contributed by atoms with Gasteiger partial charge in [0, 0.05) is 18.8 Å². The van der Waals surface area contributed by atoms with Gasteiger partial charge in [-0.05, 0) is 47.4 Å². The Morgan fingerprint density at radius 3 is 2.41 bits per heavy atom. The molecular weight excluding hydrogens is 368 g/mol. The SMILES string of the molecule is Fc1ccc(C2CCc3nnc(Cc4ccccc4)n3-c3cc(F)ccc32)cc1. The molecule has 0 radical (unpaired) electrons. The molecule has 1 aliphatic heterocycles. The number of fused-ring (bicyclic) bond motifs is 3. The first-order valence-electron chi connectivity index (χ1n) is 9.71. The molecular formula is C24H19F2N3. The highest BCUT2D eigenvalue weighted by Gasteiger charge is 2.27. The van der Waals surface area contributed by atoms with Crippen molar-refractivity contribution in [2.45, 2.75) is 25.2 Å². The third-order valence-electron chi connectivity index (χ3n) is 5.54. The van der Waals surface area contributed by atoms with E-state index in [0.717, 1.165) is 40.4 Å². The van der Waals surface area contributed by atoms with Crippen LogP contribution in [-0.2, 0) is 12.8 Å². The summed E-state index contributed by atoms with van der Waals surface area (Å²) in [6.07, 6.45) is 2.12. The second-order valence-electron chi connectivity index (χ2n) is 7.38. The van der Waals surface area contributed by atoms with Crippen molar-refractivity contribution < 1.29 is 8.78 Å². The van der Waals surface area contributed by atoms with Gasteiger partial charge in [-0.2, -0.15) is 0 Å². The quantitative estimate of drug-likeness (QED) is 0.483. The lowest BCUT2D eigenvalue weighted by molar-refractivity contribution is 0.623.